The van der Waals surface area contributed by atoms with Gasteiger partial charge in [-0.05, 0) is 35.4 Å². The Morgan fingerprint density at radius 3 is 2.70 bits per heavy atom. The number of fused-ring (bicyclic) bond motifs is 1. The third kappa shape index (κ3) is 3.97. The molecule has 30 heavy (non-hydrogen) atoms. The SMILES string of the molecule is Cn1nc(C(=O)NCC(c2ccc(Cl)cc2Cl)c2c[nH]c3ccccc23)ccc1=O. The number of aromatic amines is 1. The van der Waals surface area contributed by atoms with Crippen LogP contribution >= 0.6 is 23.2 Å². The minimum atomic E-state index is -0.375. The number of para-hydroxylation sites is 1. The number of rotatable bonds is 5. The molecule has 1 amide bonds. The Morgan fingerprint density at radius 2 is 1.93 bits per heavy atom. The molecule has 2 heterocycles. The summed E-state index contributed by atoms with van der Waals surface area (Å²) >= 11 is 12.6. The number of aromatic nitrogens is 3. The molecule has 1 unspecified atom stereocenters. The number of nitrogens with zero attached hydrogens (tertiary/aromatic N) is 2. The third-order valence-corrected chi connectivity index (χ3v) is 5.56. The van der Waals surface area contributed by atoms with E-state index in [1.807, 2.05) is 36.5 Å². The molecule has 2 aromatic carbocycles. The summed E-state index contributed by atoms with van der Waals surface area (Å²) in [6.07, 6.45) is 1.93. The van der Waals surface area contributed by atoms with Crippen LogP contribution in [-0.2, 0) is 7.05 Å². The van der Waals surface area contributed by atoms with Gasteiger partial charge in [0.15, 0.2) is 0 Å². The van der Waals surface area contributed by atoms with Crippen LogP contribution in [0.2, 0.25) is 10.0 Å². The summed E-state index contributed by atoms with van der Waals surface area (Å²) in [6, 6.07) is 16.0. The van der Waals surface area contributed by atoms with E-state index < -0.39 is 0 Å². The zero-order chi connectivity index (χ0) is 21.3. The summed E-state index contributed by atoms with van der Waals surface area (Å²) < 4.78 is 1.13. The predicted molar refractivity (Wildman–Crippen MR) is 118 cm³/mol. The highest BCUT2D eigenvalue weighted by molar-refractivity contribution is 6.35. The largest absolute Gasteiger partial charge is 0.361 e. The number of carbonyl (C=O) groups excluding carboxylic acids is 1. The maximum absolute atomic E-state index is 12.7. The number of H-pyrrole nitrogens is 1. The maximum atomic E-state index is 12.7. The van der Waals surface area contributed by atoms with Crippen molar-refractivity contribution >= 4 is 40.0 Å². The fraction of sp³-hybridized carbons (Fsp3) is 0.136. The molecule has 6 nitrogen and oxygen atoms in total. The fourth-order valence-corrected chi connectivity index (χ4v) is 4.00. The van der Waals surface area contributed by atoms with Crippen LogP contribution in [0.4, 0.5) is 0 Å². The van der Waals surface area contributed by atoms with Gasteiger partial charge in [0, 0.05) is 52.7 Å². The first kappa shape index (κ1) is 20.2. The van der Waals surface area contributed by atoms with E-state index in [4.69, 9.17) is 23.2 Å². The van der Waals surface area contributed by atoms with Crippen LogP contribution < -0.4 is 10.9 Å². The summed E-state index contributed by atoms with van der Waals surface area (Å²) in [5.41, 5.74) is 2.73. The first-order valence-electron chi connectivity index (χ1n) is 9.27. The second-order valence-corrected chi connectivity index (χ2v) is 7.74. The van der Waals surface area contributed by atoms with E-state index >= 15 is 0 Å². The number of aryl methyl sites for hydroxylation is 1. The number of carbonyl (C=O) groups is 1. The number of nitrogens with one attached hydrogen (secondary N) is 2. The molecule has 0 spiro atoms. The van der Waals surface area contributed by atoms with Crippen LogP contribution in [0.1, 0.15) is 27.5 Å². The van der Waals surface area contributed by atoms with E-state index in [1.165, 1.54) is 19.2 Å². The van der Waals surface area contributed by atoms with Gasteiger partial charge < -0.3 is 10.3 Å². The van der Waals surface area contributed by atoms with Gasteiger partial charge in [0.2, 0.25) is 0 Å². The van der Waals surface area contributed by atoms with E-state index in [0.717, 1.165) is 26.7 Å². The van der Waals surface area contributed by atoms with Crippen LogP contribution in [0, 0.1) is 0 Å². The Morgan fingerprint density at radius 1 is 1.13 bits per heavy atom. The number of benzene rings is 2. The Bertz CT molecular complexity index is 1300. The van der Waals surface area contributed by atoms with E-state index in [2.05, 4.69) is 15.4 Å². The minimum absolute atomic E-state index is 0.164. The fourth-order valence-electron chi connectivity index (χ4n) is 3.46. The molecule has 0 bridgehead atoms. The molecule has 0 aliphatic rings. The highest BCUT2D eigenvalue weighted by atomic mass is 35.5. The van der Waals surface area contributed by atoms with Gasteiger partial charge in [-0.3, -0.25) is 9.59 Å². The zero-order valence-electron chi connectivity index (χ0n) is 16.0. The normalized spacial score (nSPS) is 12.1. The summed E-state index contributed by atoms with van der Waals surface area (Å²) in [5, 5.41) is 9.03. The Hall–Kier alpha value is -3.09. The first-order valence-corrected chi connectivity index (χ1v) is 10.0. The van der Waals surface area contributed by atoms with Gasteiger partial charge >= 0.3 is 0 Å². The smallest absolute Gasteiger partial charge is 0.271 e. The lowest BCUT2D eigenvalue weighted by Gasteiger charge is -2.19. The van der Waals surface area contributed by atoms with Gasteiger partial charge in [0.1, 0.15) is 5.69 Å². The average Bonchev–Trinajstić information content (AvgIpc) is 3.15. The van der Waals surface area contributed by atoms with Crippen LogP contribution in [0.3, 0.4) is 0 Å². The van der Waals surface area contributed by atoms with Crippen LogP contribution in [-0.4, -0.2) is 27.2 Å². The first-order chi connectivity index (χ1) is 14.4. The molecule has 0 fully saturated rings. The topological polar surface area (TPSA) is 79.8 Å². The second-order valence-electron chi connectivity index (χ2n) is 6.90. The van der Waals surface area contributed by atoms with Crippen molar-refractivity contribution in [3.8, 4) is 0 Å². The van der Waals surface area contributed by atoms with Crippen molar-refractivity contribution in [2.24, 2.45) is 7.05 Å². The van der Waals surface area contributed by atoms with Crippen molar-refractivity contribution < 1.29 is 4.79 Å². The van der Waals surface area contributed by atoms with Crippen molar-refractivity contribution in [2.75, 3.05) is 6.54 Å². The molecule has 4 aromatic rings. The quantitative estimate of drug-likeness (QED) is 0.489. The monoisotopic (exact) mass is 440 g/mol. The van der Waals surface area contributed by atoms with E-state index in [0.29, 0.717) is 10.0 Å². The lowest BCUT2D eigenvalue weighted by molar-refractivity contribution is 0.0945. The second kappa shape index (κ2) is 8.34. The highest BCUT2D eigenvalue weighted by Crippen LogP contribution is 2.35. The average molecular weight is 441 g/mol. The Kier molecular flexibility index (Phi) is 5.61. The van der Waals surface area contributed by atoms with Gasteiger partial charge in [0.05, 0.1) is 0 Å². The highest BCUT2D eigenvalue weighted by Gasteiger charge is 2.22. The van der Waals surface area contributed by atoms with Gasteiger partial charge in [-0.1, -0.05) is 47.5 Å². The number of hydrogen-bond donors (Lipinski definition) is 2. The van der Waals surface area contributed by atoms with Gasteiger partial charge in [-0.25, -0.2) is 4.68 Å². The number of hydrogen-bond acceptors (Lipinski definition) is 3. The molecular formula is C22H18Cl2N4O2. The van der Waals surface area contributed by atoms with E-state index in [9.17, 15) is 9.59 Å². The zero-order valence-corrected chi connectivity index (χ0v) is 17.5. The van der Waals surface area contributed by atoms with E-state index in [-0.39, 0.29) is 29.6 Å². The number of amides is 1. The predicted octanol–water partition coefficient (Wildman–Crippen LogP) is 4.13. The van der Waals surface area contributed by atoms with Crippen molar-refractivity contribution in [1.29, 1.82) is 0 Å². The number of halogens is 2. The molecule has 8 heteroatoms. The van der Waals surface area contributed by atoms with Crippen molar-refractivity contribution in [1.82, 2.24) is 20.1 Å². The van der Waals surface area contributed by atoms with Gasteiger partial charge in [0.25, 0.3) is 11.5 Å². The molecule has 1 atom stereocenters. The summed E-state index contributed by atoms with van der Waals surface area (Å²) in [5.74, 6) is -0.595. The lowest BCUT2D eigenvalue weighted by atomic mass is 9.90. The summed E-state index contributed by atoms with van der Waals surface area (Å²) in [7, 11) is 1.50. The molecule has 0 aliphatic carbocycles. The van der Waals surface area contributed by atoms with Crippen LogP contribution in [0.15, 0.2) is 65.6 Å². The molecule has 152 valence electrons. The van der Waals surface area contributed by atoms with Gasteiger partial charge in [-0.15, -0.1) is 0 Å². The van der Waals surface area contributed by atoms with Crippen molar-refractivity contribution in [3.63, 3.8) is 0 Å². The molecule has 2 aromatic heterocycles. The summed E-state index contributed by atoms with van der Waals surface area (Å²) in [6.45, 7) is 0.284. The van der Waals surface area contributed by atoms with E-state index in [1.54, 1.807) is 12.1 Å². The molecule has 0 saturated heterocycles. The Labute approximate surface area is 182 Å². The molecular weight excluding hydrogens is 423 g/mol. The van der Waals surface area contributed by atoms with Crippen molar-refractivity contribution in [3.05, 3.63) is 98.0 Å². The Balaban J connectivity index is 1.69. The van der Waals surface area contributed by atoms with Crippen LogP contribution in [0.5, 0.6) is 0 Å². The third-order valence-electron chi connectivity index (χ3n) is 4.99. The summed E-state index contributed by atoms with van der Waals surface area (Å²) in [4.78, 5) is 27.5. The molecule has 2 N–H and O–H groups in total. The molecule has 0 radical (unpaired) electrons. The van der Waals surface area contributed by atoms with Gasteiger partial charge in [-0.2, -0.15) is 5.10 Å². The molecule has 4 rings (SSSR count). The molecule has 0 saturated carbocycles. The standard InChI is InChI=1S/C22H18Cl2N4O2/c1-28-21(29)9-8-20(27-28)22(30)26-12-16(14-7-6-13(23)10-18(14)24)17-11-25-19-5-3-2-4-15(17)19/h2-11,16,25H,12H2,1H3,(H,26,30). The lowest BCUT2D eigenvalue weighted by Crippen LogP contribution is -2.31. The van der Waals surface area contributed by atoms with Crippen molar-refractivity contribution in [2.45, 2.75) is 5.92 Å². The maximum Gasteiger partial charge on any atom is 0.271 e. The molecule has 0 aliphatic heterocycles. The minimum Gasteiger partial charge on any atom is -0.361 e. The van der Waals surface area contributed by atoms with Crippen LogP contribution in [0.25, 0.3) is 10.9 Å².